The molecular weight excluding hydrogens is 260 g/mol. The van der Waals surface area contributed by atoms with Crippen molar-refractivity contribution in [3.8, 4) is 0 Å². The maximum atomic E-state index is 11.3. The van der Waals surface area contributed by atoms with Gasteiger partial charge in [0, 0.05) is 18.9 Å². The average Bonchev–Trinajstić information content (AvgIpc) is 2.54. The molecule has 2 rings (SSSR count). The zero-order valence-corrected chi connectivity index (χ0v) is 12.5. The van der Waals surface area contributed by atoms with Gasteiger partial charge in [-0.25, -0.2) is 0 Å². The third kappa shape index (κ3) is 5.38. The molecule has 2 aromatic rings. The van der Waals surface area contributed by atoms with E-state index in [1.807, 2.05) is 30.5 Å². The molecule has 0 saturated carbocycles. The monoisotopic (exact) mass is 282 g/mol. The molecule has 0 fully saturated rings. The molecule has 0 unspecified atom stereocenters. The Labute approximate surface area is 126 Å². The molecule has 0 aliphatic rings. The summed E-state index contributed by atoms with van der Waals surface area (Å²) in [4.78, 5) is 15.6. The summed E-state index contributed by atoms with van der Waals surface area (Å²) in [6.07, 6.45) is 6.72. The quantitative estimate of drug-likeness (QED) is 0.793. The van der Waals surface area contributed by atoms with E-state index in [9.17, 15) is 4.79 Å². The number of nitrogens with zero attached hydrogens (tertiary/aromatic N) is 1. The van der Waals surface area contributed by atoms with Crippen LogP contribution in [0.4, 0.5) is 0 Å². The van der Waals surface area contributed by atoms with Gasteiger partial charge in [0.25, 0.3) is 0 Å². The van der Waals surface area contributed by atoms with Gasteiger partial charge in [0.1, 0.15) is 0 Å². The van der Waals surface area contributed by atoms with Crippen molar-refractivity contribution in [1.82, 2.24) is 10.3 Å². The second-order valence-corrected chi connectivity index (χ2v) is 5.19. The summed E-state index contributed by atoms with van der Waals surface area (Å²) < 4.78 is 0. The molecular formula is C18H22N2O. The summed E-state index contributed by atoms with van der Waals surface area (Å²) in [5, 5.41) is 2.64. The second kappa shape index (κ2) is 8.20. The number of rotatable bonds is 7. The number of nitrogens with one attached hydrogen (secondary N) is 1. The van der Waals surface area contributed by atoms with E-state index in [4.69, 9.17) is 0 Å². The Morgan fingerprint density at radius 2 is 1.71 bits per heavy atom. The van der Waals surface area contributed by atoms with Crippen LogP contribution >= 0.6 is 0 Å². The number of likely N-dealkylation sites (N-methyl/N-ethyl adjacent to an activating group) is 1. The number of carbonyl (C=O) groups excluding carboxylic acids is 1. The lowest BCUT2D eigenvalue weighted by molar-refractivity contribution is -0.119. The molecule has 110 valence electrons. The molecule has 0 radical (unpaired) electrons. The first-order valence-corrected chi connectivity index (χ1v) is 7.46. The Balaban J connectivity index is 1.72. The van der Waals surface area contributed by atoms with E-state index >= 15 is 0 Å². The standard InChI is InChI=1S/C18H22N2O/c1-19-18(21)14-16-11-9-15(10-12-16)6-2-3-7-17-8-4-5-13-20-17/h4-5,8-13H,2-3,6-7,14H2,1H3,(H,19,21). The normalized spacial score (nSPS) is 10.3. The number of hydrogen-bond acceptors (Lipinski definition) is 2. The number of unbranched alkanes of at least 4 members (excludes halogenated alkanes) is 1. The van der Waals surface area contributed by atoms with Gasteiger partial charge < -0.3 is 5.32 Å². The smallest absolute Gasteiger partial charge is 0.224 e. The Morgan fingerprint density at radius 1 is 1.00 bits per heavy atom. The third-order valence-electron chi connectivity index (χ3n) is 3.54. The van der Waals surface area contributed by atoms with Gasteiger partial charge in [0.2, 0.25) is 5.91 Å². The predicted molar refractivity (Wildman–Crippen MR) is 85.1 cm³/mol. The number of benzene rings is 1. The second-order valence-electron chi connectivity index (χ2n) is 5.19. The van der Waals surface area contributed by atoms with Crippen LogP contribution in [0.2, 0.25) is 0 Å². The highest BCUT2D eigenvalue weighted by molar-refractivity contribution is 5.78. The molecule has 0 aliphatic carbocycles. The molecule has 0 spiro atoms. The van der Waals surface area contributed by atoms with Crippen molar-refractivity contribution in [2.75, 3.05) is 7.05 Å². The van der Waals surface area contributed by atoms with E-state index in [0.29, 0.717) is 6.42 Å². The van der Waals surface area contributed by atoms with Gasteiger partial charge in [-0.2, -0.15) is 0 Å². The zero-order chi connectivity index (χ0) is 14.9. The van der Waals surface area contributed by atoms with E-state index in [1.165, 1.54) is 11.3 Å². The first-order valence-electron chi connectivity index (χ1n) is 7.46. The highest BCUT2D eigenvalue weighted by atomic mass is 16.1. The molecule has 3 nitrogen and oxygen atoms in total. The van der Waals surface area contributed by atoms with Crippen LogP contribution in [-0.2, 0) is 24.1 Å². The summed E-state index contributed by atoms with van der Waals surface area (Å²) in [6, 6.07) is 14.4. The Hall–Kier alpha value is -2.16. The minimum absolute atomic E-state index is 0.0538. The SMILES string of the molecule is CNC(=O)Cc1ccc(CCCCc2ccccn2)cc1. The lowest BCUT2D eigenvalue weighted by Gasteiger charge is -2.04. The van der Waals surface area contributed by atoms with Gasteiger partial charge in [0.15, 0.2) is 0 Å². The molecule has 0 aliphatic heterocycles. The Morgan fingerprint density at radius 3 is 2.38 bits per heavy atom. The molecule has 1 N–H and O–H groups in total. The van der Waals surface area contributed by atoms with Crippen LogP contribution in [0.15, 0.2) is 48.7 Å². The van der Waals surface area contributed by atoms with E-state index < -0.39 is 0 Å². The molecule has 21 heavy (non-hydrogen) atoms. The molecule has 0 bridgehead atoms. The van der Waals surface area contributed by atoms with E-state index in [-0.39, 0.29) is 5.91 Å². The molecule has 1 aromatic carbocycles. The number of carbonyl (C=O) groups is 1. The van der Waals surface area contributed by atoms with Gasteiger partial charge >= 0.3 is 0 Å². The van der Waals surface area contributed by atoms with Crippen LogP contribution in [0.25, 0.3) is 0 Å². The lowest BCUT2D eigenvalue weighted by Crippen LogP contribution is -2.19. The average molecular weight is 282 g/mol. The van der Waals surface area contributed by atoms with Crippen molar-refractivity contribution in [3.63, 3.8) is 0 Å². The highest BCUT2D eigenvalue weighted by Gasteiger charge is 2.01. The van der Waals surface area contributed by atoms with Crippen molar-refractivity contribution in [1.29, 1.82) is 0 Å². The first kappa shape index (κ1) is 15.2. The molecule has 0 saturated heterocycles. The third-order valence-corrected chi connectivity index (χ3v) is 3.54. The van der Waals surface area contributed by atoms with Gasteiger partial charge in [-0.1, -0.05) is 30.3 Å². The largest absolute Gasteiger partial charge is 0.359 e. The van der Waals surface area contributed by atoms with Crippen LogP contribution in [0.5, 0.6) is 0 Å². The molecule has 1 amide bonds. The van der Waals surface area contributed by atoms with E-state index in [2.05, 4.69) is 28.5 Å². The fourth-order valence-corrected chi connectivity index (χ4v) is 2.28. The summed E-state index contributed by atoms with van der Waals surface area (Å²) in [5.41, 5.74) is 3.56. The molecule has 1 heterocycles. The molecule has 3 heteroatoms. The maximum absolute atomic E-state index is 11.3. The number of aromatic nitrogens is 1. The van der Waals surface area contributed by atoms with Gasteiger partial charge in [-0.3, -0.25) is 9.78 Å². The van der Waals surface area contributed by atoms with Crippen molar-refractivity contribution >= 4 is 5.91 Å². The molecule has 1 aromatic heterocycles. The minimum atomic E-state index is 0.0538. The van der Waals surface area contributed by atoms with Crippen molar-refractivity contribution < 1.29 is 4.79 Å². The lowest BCUT2D eigenvalue weighted by atomic mass is 10.0. The maximum Gasteiger partial charge on any atom is 0.224 e. The summed E-state index contributed by atoms with van der Waals surface area (Å²) >= 11 is 0. The molecule has 0 atom stereocenters. The minimum Gasteiger partial charge on any atom is -0.359 e. The van der Waals surface area contributed by atoms with Crippen LogP contribution in [0.3, 0.4) is 0 Å². The summed E-state index contributed by atoms with van der Waals surface area (Å²) in [7, 11) is 1.66. The van der Waals surface area contributed by atoms with Crippen LogP contribution in [-0.4, -0.2) is 17.9 Å². The van der Waals surface area contributed by atoms with Crippen molar-refractivity contribution in [2.24, 2.45) is 0 Å². The number of pyridine rings is 1. The van der Waals surface area contributed by atoms with Crippen molar-refractivity contribution in [2.45, 2.75) is 32.1 Å². The highest BCUT2D eigenvalue weighted by Crippen LogP contribution is 2.10. The van der Waals surface area contributed by atoms with Gasteiger partial charge in [-0.15, -0.1) is 0 Å². The number of hydrogen-bond donors (Lipinski definition) is 1. The number of aryl methyl sites for hydroxylation is 2. The predicted octanol–water partition coefficient (Wildman–Crippen LogP) is 2.94. The number of amides is 1. The van der Waals surface area contributed by atoms with Gasteiger partial charge in [0.05, 0.1) is 6.42 Å². The van der Waals surface area contributed by atoms with E-state index in [1.54, 1.807) is 7.05 Å². The Bertz CT molecular complexity index is 549. The zero-order valence-electron chi connectivity index (χ0n) is 12.5. The van der Waals surface area contributed by atoms with E-state index in [0.717, 1.165) is 31.2 Å². The van der Waals surface area contributed by atoms with Crippen molar-refractivity contribution in [3.05, 3.63) is 65.5 Å². The van der Waals surface area contributed by atoms with Crippen LogP contribution in [0.1, 0.15) is 29.7 Å². The topological polar surface area (TPSA) is 42.0 Å². The van der Waals surface area contributed by atoms with Gasteiger partial charge in [-0.05, 0) is 48.9 Å². The summed E-state index contributed by atoms with van der Waals surface area (Å²) in [6.45, 7) is 0. The summed E-state index contributed by atoms with van der Waals surface area (Å²) in [5.74, 6) is 0.0538. The Kier molecular flexibility index (Phi) is 5.95. The van der Waals surface area contributed by atoms with Crippen LogP contribution < -0.4 is 5.32 Å². The first-order chi connectivity index (χ1) is 10.3. The fourth-order valence-electron chi connectivity index (χ4n) is 2.28. The fraction of sp³-hybridized carbons (Fsp3) is 0.333. The van der Waals surface area contributed by atoms with Crippen LogP contribution in [0, 0.1) is 0 Å².